The Balaban J connectivity index is 1.52. The van der Waals surface area contributed by atoms with Crippen LogP contribution in [0.2, 0.25) is 0 Å². The summed E-state index contributed by atoms with van der Waals surface area (Å²) in [6.45, 7) is 9.96. The fraction of sp³-hybridized carbons (Fsp3) is 0.667. The van der Waals surface area contributed by atoms with Crippen LogP contribution < -0.4 is 15.0 Å². The Morgan fingerprint density at radius 1 is 1.30 bits per heavy atom. The monoisotopic (exact) mass is 390 g/mol. The molecular formula is C21H34N4OS. The maximum Gasteiger partial charge on any atom is 0.193 e. The Labute approximate surface area is 168 Å². The van der Waals surface area contributed by atoms with Crippen molar-refractivity contribution in [3.05, 3.63) is 24.3 Å². The molecule has 5 nitrogen and oxygen atoms in total. The third-order valence-corrected chi connectivity index (χ3v) is 7.15. The molecule has 2 fully saturated rings. The summed E-state index contributed by atoms with van der Waals surface area (Å²) in [6, 6.07) is 8.32. The van der Waals surface area contributed by atoms with Crippen LogP contribution in [-0.2, 0) is 0 Å². The number of benzene rings is 1. The number of aliphatic imine (C=N–C) groups is 1. The van der Waals surface area contributed by atoms with Crippen LogP contribution in [0.4, 0.5) is 5.69 Å². The summed E-state index contributed by atoms with van der Waals surface area (Å²) >= 11 is 2.10. The van der Waals surface area contributed by atoms with Gasteiger partial charge in [-0.25, -0.2) is 0 Å². The normalized spacial score (nSPS) is 23.8. The lowest BCUT2D eigenvalue weighted by atomic mass is 10.1. The minimum absolute atomic E-state index is 0.631. The van der Waals surface area contributed by atoms with Crippen molar-refractivity contribution in [1.82, 2.24) is 10.2 Å². The average Bonchev–Trinajstić information content (AvgIpc) is 3.17. The summed E-state index contributed by atoms with van der Waals surface area (Å²) in [4.78, 5) is 9.44. The molecule has 0 spiro atoms. The van der Waals surface area contributed by atoms with Gasteiger partial charge in [0.2, 0.25) is 0 Å². The van der Waals surface area contributed by atoms with Crippen LogP contribution in [0.15, 0.2) is 29.3 Å². The Bertz CT molecular complexity index is 636. The highest BCUT2D eigenvalue weighted by molar-refractivity contribution is 8.00. The van der Waals surface area contributed by atoms with Crippen LogP contribution >= 0.6 is 11.8 Å². The zero-order valence-corrected chi connectivity index (χ0v) is 18.0. The molecule has 2 aliphatic rings. The molecule has 3 rings (SSSR count). The lowest BCUT2D eigenvalue weighted by Gasteiger charge is -2.36. The second kappa shape index (κ2) is 9.58. The number of hydrogen-bond acceptors (Lipinski definition) is 4. The Morgan fingerprint density at radius 2 is 2.11 bits per heavy atom. The number of thioether (sulfide) groups is 1. The fourth-order valence-corrected chi connectivity index (χ4v) is 5.25. The third kappa shape index (κ3) is 5.03. The van der Waals surface area contributed by atoms with Crippen LogP contribution in [0.5, 0.6) is 5.75 Å². The van der Waals surface area contributed by atoms with E-state index in [1.165, 1.54) is 17.9 Å². The summed E-state index contributed by atoms with van der Waals surface area (Å²) in [6.07, 6.45) is 1.20. The van der Waals surface area contributed by atoms with Crippen LogP contribution in [0.25, 0.3) is 0 Å². The van der Waals surface area contributed by atoms with Crippen molar-refractivity contribution in [3.63, 3.8) is 0 Å². The second-order valence-electron chi connectivity index (χ2n) is 7.80. The van der Waals surface area contributed by atoms with Gasteiger partial charge in [0.25, 0.3) is 0 Å². The summed E-state index contributed by atoms with van der Waals surface area (Å²) in [5.41, 5.74) is 1.21. The van der Waals surface area contributed by atoms with E-state index in [0.717, 1.165) is 44.4 Å². The van der Waals surface area contributed by atoms with Gasteiger partial charge in [-0.3, -0.25) is 4.99 Å². The minimum atomic E-state index is 0.631. The molecule has 2 saturated heterocycles. The lowest BCUT2D eigenvalue weighted by Crippen LogP contribution is -2.50. The SMILES string of the molecule is CN=C(NCC1CCN(c2ccccc2OC)C1)N1CCSC(C(C)C)C1. The van der Waals surface area contributed by atoms with Crippen molar-refractivity contribution in [3.8, 4) is 5.75 Å². The van der Waals surface area contributed by atoms with E-state index in [1.54, 1.807) is 7.11 Å². The second-order valence-corrected chi connectivity index (χ2v) is 9.15. The van der Waals surface area contributed by atoms with E-state index in [1.807, 2.05) is 19.2 Å². The summed E-state index contributed by atoms with van der Waals surface area (Å²) < 4.78 is 5.53. The first-order valence-electron chi connectivity index (χ1n) is 10.1. The van der Waals surface area contributed by atoms with Gasteiger partial charge in [0.1, 0.15) is 5.75 Å². The minimum Gasteiger partial charge on any atom is -0.495 e. The largest absolute Gasteiger partial charge is 0.495 e. The average molecular weight is 391 g/mol. The van der Waals surface area contributed by atoms with Crippen molar-refractivity contribution in [2.75, 3.05) is 57.5 Å². The zero-order valence-electron chi connectivity index (χ0n) is 17.1. The highest BCUT2D eigenvalue weighted by Gasteiger charge is 2.27. The molecule has 0 amide bonds. The van der Waals surface area contributed by atoms with Crippen molar-refractivity contribution < 1.29 is 4.74 Å². The topological polar surface area (TPSA) is 40.1 Å². The van der Waals surface area contributed by atoms with Crippen molar-refractivity contribution in [2.45, 2.75) is 25.5 Å². The van der Waals surface area contributed by atoms with Gasteiger partial charge in [0.15, 0.2) is 5.96 Å². The van der Waals surface area contributed by atoms with Gasteiger partial charge < -0.3 is 19.9 Å². The molecule has 2 atom stereocenters. The van der Waals surface area contributed by atoms with E-state index in [0.29, 0.717) is 17.1 Å². The highest BCUT2D eigenvalue weighted by Crippen LogP contribution is 2.31. The van der Waals surface area contributed by atoms with Gasteiger partial charge in [-0.1, -0.05) is 26.0 Å². The molecule has 1 aromatic rings. The predicted octanol–water partition coefficient (Wildman–Crippen LogP) is 3.17. The van der Waals surface area contributed by atoms with Gasteiger partial charge in [0.05, 0.1) is 12.8 Å². The van der Waals surface area contributed by atoms with E-state index in [-0.39, 0.29) is 0 Å². The van der Waals surface area contributed by atoms with Crippen LogP contribution in [0.1, 0.15) is 20.3 Å². The molecule has 150 valence electrons. The smallest absolute Gasteiger partial charge is 0.193 e. The lowest BCUT2D eigenvalue weighted by molar-refractivity contribution is 0.377. The van der Waals surface area contributed by atoms with Gasteiger partial charge in [-0.2, -0.15) is 11.8 Å². The number of rotatable bonds is 5. The molecule has 0 radical (unpaired) electrons. The molecule has 0 aromatic heterocycles. The first-order valence-corrected chi connectivity index (χ1v) is 11.1. The Hall–Kier alpha value is -1.56. The Morgan fingerprint density at radius 3 is 2.85 bits per heavy atom. The maximum atomic E-state index is 5.53. The summed E-state index contributed by atoms with van der Waals surface area (Å²) in [5.74, 6) is 4.56. The maximum absolute atomic E-state index is 5.53. The summed E-state index contributed by atoms with van der Waals surface area (Å²) in [5, 5.41) is 4.35. The quantitative estimate of drug-likeness (QED) is 0.618. The van der Waals surface area contributed by atoms with Crippen LogP contribution in [-0.4, -0.2) is 68.7 Å². The van der Waals surface area contributed by atoms with E-state index in [2.05, 4.69) is 57.9 Å². The molecular weight excluding hydrogens is 356 g/mol. The van der Waals surface area contributed by atoms with Crippen LogP contribution in [0.3, 0.4) is 0 Å². The number of nitrogens with zero attached hydrogens (tertiary/aromatic N) is 3. The Kier molecular flexibility index (Phi) is 7.16. The molecule has 2 aliphatic heterocycles. The number of guanidine groups is 1. The molecule has 0 bridgehead atoms. The van der Waals surface area contributed by atoms with Crippen LogP contribution in [0, 0.1) is 11.8 Å². The number of hydrogen-bond donors (Lipinski definition) is 1. The number of methoxy groups -OCH3 is 1. The van der Waals surface area contributed by atoms with Gasteiger partial charge in [0, 0.05) is 50.8 Å². The highest BCUT2D eigenvalue weighted by atomic mass is 32.2. The van der Waals surface area contributed by atoms with E-state index in [9.17, 15) is 0 Å². The first kappa shape index (κ1) is 20.2. The van der Waals surface area contributed by atoms with E-state index in [4.69, 9.17) is 4.74 Å². The van der Waals surface area contributed by atoms with Gasteiger partial charge >= 0.3 is 0 Å². The number of anilines is 1. The molecule has 27 heavy (non-hydrogen) atoms. The number of para-hydroxylation sites is 2. The van der Waals surface area contributed by atoms with Crippen molar-refractivity contribution in [1.29, 1.82) is 0 Å². The van der Waals surface area contributed by atoms with Gasteiger partial charge in [-0.15, -0.1) is 0 Å². The molecule has 0 saturated carbocycles. The molecule has 2 unspecified atom stereocenters. The molecule has 1 aromatic carbocycles. The third-order valence-electron chi connectivity index (χ3n) is 5.61. The van der Waals surface area contributed by atoms with Crippen molar-refractivity contribution >= 4 is 23.4 Å². The zero-order chi connectivity index (χ0) is 19.2. The molecule has 2 heterocycles. The first-order chi connectivity index (χ1) is 13.1. The number of nitrogens with one attached hydrogen (secondary N) is 1. The standard InChI is InChI=1S/C21H34N4OS/c1-16(2)20-15-25(11-12-27-20)21(22-3)23-13-17-9-10-24(14-17)18-7-5-6-8-19(18)26-4/h5-8,16-17,20H,9-15H2,1-4H3,(H,22,23). The van der Waals surface area contributed by atoms with Crippen molar-refractivity contribution in [2.24, 2.45) is 16.8 Å². The van der Waals surface area contributed by atoms with Gasteiger partial charge in [-0.05, 0) is 30.4 Å². The molecule has 0 aliphatic carbocycles. The number of ether oxygens (including phenoxy) is 1. The molecule has 6 heteroatoms. The van der Waals surface area contributed by atoms with E-state index < -0.39 is 0 Å². The molecule has 1 N–H and O–H groups in total. The van der Waals surface area contributed by atoms with E-state index >= 15 is 0 Å². The predicted molar refractivity (Wildman–Crippen MR) is 117 cm³/mol. The fourth-order valence-electron chi connectivity index (χ4n) is 3.95. The summed E-state index contributed by atoms with van der Waals surface area (Å²) in [7, 11) is 3.66.